The minimum Gasteiger partial charge on any atom is -0.484 e. The van der Waals surface area contributed by atoms with Gasteiger partial charge in [-0.15, -0.1) is 0 Å². The summed E-state index contributed by atoms with van der Waals surface area (Å²) < 4.78 is 6.84. The van der Waals surface area contributed by atoms with E-state index < -0.39 is 6.04 Å². The van der Waals surface area contributed by atoms with E-state index in [2.05, 4.69) is 28.2 Å². The molecular formula is C25H31BrCl2N2O3. The van der Waals surface area contributed by atoms with Crippen molar-refractivity contribution in [3.63, 3.8) is 0 Å². The zero-order chi connectivity index (χ0) is 24.5. The number of unbranched alkanes of at least 4 members (excludes halogenated alkanes) is 1. The summed E-state index contributed by atoms with van der Waals surface area (Å²) in [6.45, 7) is 8.44. The molecule has 0 saturated heterocycles. The number of carbonyl (C=O) groups excluding carboxylic acids is 2. The van der Waals surface area contributed by atoms with Crippen LogP contribution in [0.25, 0.3) is 0 Å². The van der Waals surface area contributed by atoms with E-state index in [1.54, 1.807) is 18.2 Å². The molecule has 1 N–H and O–H groups in total. The van der Waals surface area contributed by atoms with Crippen LogP contribution >= 0.6 is 39.1 Å². The second-order valence-electron chi connectivity index (χ2n) is 7.99. The van der Waals surface area contributed by atoms with Crippen molar-refractivity contribution >= 4 is 50.9 Å². The molecule has 0 aliphatic rings. The van der Waals surface area contributed by atoms with Crippen molar-refractivity contribution in [1.82, 2.24) is 10.2 Å². The van der Waals surface area contributed by atoms with Crippen LogP contribution in [-0.2, 0) is 16.1 Å². The molecule has 0 fully saturated rings. The molecule has 0 radical (unpaired) electrons. The molecule has 0 saturated carbocycles. The van der Waals surface area contributed by atoms with E-state index in [4.69, 9.17) is 27.9 Å². The van der Waals surface area contributed by atoms with Crippen molar-refractivity contribution in [2.24, 2.45) is 0 Å². The normalized spacial score (nSPS) is 11.7. The van der Waals surface area contributed by atoms with Crippen LogP contribution in [0.5, 0.6) is 5.75 Å². The van der Waals surface area contributed by atoms with Gasteiger partial charge in [-0.05, 0) is 67.6 Å². The third-order valence-electron chi connectivity index (χ3n) is 5.34. The van der Waals surface area contributed by atoms with Crippen LogP contribution in [0.15, 0.2) is 34.8 Å². The lowest BCUT2D eigenvalue weighted by Gasteiger charge is -2.31. The fourth-order valence-electron chi connectivity index (χ4n) is 3.48. The van der Waals surface area contributed by atoms with E-state index in [1.165, 1.54) is 4.90 Å². The van der Waals surface area contributed by atoms with Gasteiger partial charge in [-0.2, -0.15) is 0 Å². The lowest BCUT2D eigenvalue weighted by Crippen LogP contribution is -2.50. The SMILES string of the molecule is CCCCNC(=O)[C@@H](CC)N(Cc1ccc(Cl)cc1Cl)C(=O)COc1cc(C)c(Br)c(C)c1. The number of hydrogen-bond donors (Lipinski definition) is 1. The molecule has 0 heterocycles. The Hall–Kier alpha value is -1.76. The zero-order valence-electron chi connectivity index (χ0n) is 19.5. The van der Waals surface area contributed by atoms with Crippen molar-refractivity contribution in [1.29, 1.82) is 0 Å². The van der Waals surface area contributed by atoms with Gasteiger partial charge >= 0.3 is 0 Å². The van der Waals surface area contributed by atoms with Gasteiger partial charge in [-0.25, -0.2) is 0 Å². The minimum absolute atomic E-state index is 0.177. The summed E-state index contributed by atoms with van der Waals surface area (Å²) >= 11 is 15.9. The molecular weight excluding hydrogens is 527 g/mol. The summed E-state index contributed by atoms with van der Waals surface area (Å²) in [5, 5.41) is 3.90. The summed E-state index contributed by atoms with van der Waals surface area (Å²) in [6, 6.07) is 8.23. The summed E-state index contributed by atoms with van der Waals surface area (Å²) in [5.41, 5.74) is 2.75. The van der Waals surface area contributed by atoms with Crippen LogP contribution in [0.3, 0.4) is 0 Å². The molecule has 0 spiro atoms. The Kier molecular flexibility index (Phi) is 11.0. The van der Waals surface area contributed by atoms with Crippen molar-refractivity contribution in [3.8, 4) is 5.75 Å². The Labute approximate surface area is 214 Å². The first-order valence-corrected chi connectivity index (χ1v) is 12.6. The number of rotatable bonds is 11. The number of nitrogens with one attached hydrogen (secondary N) is 1. The Morgan fingerprint density at radius 3 is 2.36 bits per heavy atom. The smallest absolute Gasteiger partial charge is 0.261 e. The highest BCUT2D eigenvalue weighted by molar-refractivity contribution is 9.10. The highest BCUT2D eigenvalue weighted by atomic mass is 79.9. The molecule has 2 aromatic carbocycles. The second-order valence-corrected chi connectivity index (χ2v) is 9.62. The van der Waals surface area contributed by atoms with Gasteiger partial charge in [-0.1, -0.05) is 65.5 Å². The van der Waals surface area contributed by atoms with Crippen LogP contribution in [0, 0.1) is 13.8 Å². The topological polar surface area (TPSA) is 58.6 Å². The van der Waals surface area contributed by atoms with Gasteiger partial charge in [-0.3, -0.25) is 9.59 Å². The van der Waals surface area contributed by atoms with Gasteiger partial charge < -0.3 is 15.0 Å². The van der Waals surface area contributed by atoms with Crippen LogP contribution < -0.4 is 10.1 Å². The van der Waals surface area contributed by atoms with E-state index in [0.29, 0.717) is 34.3 Å². The Morgan fingerprint density at radius 2 is 1.79 bits per heavy atom. The third kappa shape index (κ3) is 7.90. The summed E-state index contributed by atoms with van der Waals surface area (Å²) in [6.07, 6.45) is 2.32. The third-order valence-corrected chi connectivity index (χ3v) is 7.18. The van der Waals surface area contributed by atoms with Crippen molar-refractivity contribution in [2.75, 3.05) is 13.2 Å². The number of nitrogens with zero attached hydrogens (tertiary/aromatic N) is 1. The van der Waals surface area contributed by atoms with Crippen LogP contribution in [0.2, 0.25) is 10.0 Å². The number of benzene rings is 2. The second kappa shape index (κ2) is 13.2. The standard InChI is InChI=1S/C25H31BrCl2N2O3/c1-5-7-10-29-25(32)22(6-2)30(14-18-8-9-19(27)13-21(18)28)23(31)15-33-20-11-16(3)24(26)17(4)12-20/h8-9,11-13,22H,5-7,10,14-15H2,1-4H3,(H,29,32)/t22-/m1/s1. The highest BCUT2D eigenvalue weighted by Gasteiger charge is 2.29. The van der Waals surface area contributed by atoms with Crippen molar-refractivity contribution in [2.45, 2.75) is 59.5 Å². The van der Waals surface area contributed by atoms with E-state index in [9.17, 15) is 9.59 Å². The maximum atomic E-state index is 13.3. The zero-order valence-corrected chi connectivity index (χ0v) is 22.6. The lowest BCUT2D eigenvalue weighted by molar-refractivity contribution is -0.143. The van der Waals surface area contributed by atoms with E-state index in [-0.39, 0.29) is 25.0 Å². The fraction of sp³-hybridized carbons (Fsp3) is 0.440. The van der Waals surface area contributed by atoms with Gasteiger partial charge in [0.1, 0.15) is 11.8 Å². The largest absolute Gasteiger partial charge is 0.484 e. The van der Waals surface area contributed by atoms with Gasteiger partial charge in [0.25, 0.3) is 5.91 Å². The molecule has 2 rings (SSSR count). The first-order valence-electron chi connectivity index (χ1n) is 11.1. The monoisotopic (exact) mass is 556 g/mol. The molecule has 0 aliphatic heterocycles. The molecule has 33 heavy (non-hydrogen) atoms. The molecule has 1 atom stereocenters. The predicted octanol–water partition coefficient (Wildman–Crippen LogP) is 6.48. The van der Waals surface area contributed by atoms with E-state index >= 15 is 0 Å². The number of aryl methyl sites for hydroxylation is 2. The molecule has 0 bridgehead atoms. The Bertz CT molecular complexity index is 961. The van der Waals surface area contributed by atoms with Crippen LogP contribution in [0.1, 0.15) is 49.8 Å². The van der Waals surface area contributed by atoms with Crippen molar-refractivity contribution < 1.29 is 14.3 Å². The number of carbonyl (C=O) groups is 2. The molecule has 0 aromatic heterocycles. The lowest BCUT2D eigenvalue weighted by atomic mass is 10.1. The summed E-state index contributed by atoms with van der Waals surface area (Å²) in [7, 11) is 0. The molecule has 2 aromatic rings. The summed E-state index contributed by atoms with van der Waals surface area (Å²) in [5.74, 6) is 0.128. The number of ether oxygens (including phenoxy) is 1. The highest BCUT2D eigenvalue weighted by Crippen LogP contribution is 2.27. The number of halogens is 3. The summed E-state index contributed by atoms with van der Waals surface area (Å²) in [4.78, 5) is 27.8. The number of hydrogen-bond acceptors (Lipinski definition) is 3. The van der Waals surface area contributed by atoms with E-state index in [1.807, 2.05) is 32.9 Å². The minimum atomic E-state index is -0.641. The fourth-order valence-corrected chi connectivity index (χ4v) is 4.17. The average molecular weight is 558 g/mol. The molecule has 5 nitrogen and oxygen atoms in total. The van der Waals surface area contributed by atoms with Gasteiger partial charge in [0.2, 0.25) is 5.91 Å². The Balaban J connectivity index is 2.25. The van der Waals surface area contributed by atoms with Crippen molar-refractivity contribution in [3.05, 3.63) is 61.5 Å². The predicted molar refractivity (Wildman–Crippen MR) is 138 cm³/mol. The maximum absolute atomic E-state index is 13.3. The Morgan fingerprint density at radius 1 is 1.12 bits per heavy atom. The molecule has 0 unspecified atom stereocenters. The van der Waals surface area contributed by atoms with Gasteiger partial charge in [0, 0.05) is 27.6 Å². The van der Waals surface area contributed by atoms with Crippen LogP contribution in [0.4, 0.5) is 0 Å². The van der Waals surface area contributed by atoms with Gasteiger partial charge in [0.05, 0.1) is 0 Å². The maximum Gasteiger partial charge on any atom is 0.261 e. The molecule has 180 valence electrons. The first-order chi connectivity index (χ1) is 15.7. The van der Waals surface area contributed by atoms with Gasteiger partial charge in [0.15, 0.2) is 6.61 Å². The van der Waals surface area contributed by atoms with E-state index in [0.717, 1.165) is 28.4 Å². The first kappa shape index (κ1) is 27.5. The molecule has 0 aliphatic carbocycles. The van der Waals surface area contributed by atoms with Crippen LogP contribution in [-0.4, -0.2) is 35.9 Å². The molecule has 2 amide bonds. The molecule has 8 heteroatoms. The quantitative estimate of drug-likeness (QED) is 0.322. The number of amides is 2. The average Bonchev–Trinajstić information content (AvgIpc) is 2.77.